The molecule has 4 heteroatoms. The van der Waals surface area contributed by atoms with E-state index in [0.29, 0.717) is 17.8 Å². The van der Waals surface area contributed by atoms with Crippen LogP contribution in [0.1, 0.15) is 19.4 Å². The molecule has 1 N–H and O–H groups in total. The number of aromatic nitrogens is 1. The van der Waals surface area contributed by atoms with Gasteiger partial charge in [-0.1, -0.05) is 19.9 Å². The van der Waals surface area contributed by atoms with Gasteiger partial charge >= 0.3 is 0 Å². The molecule has 4 nitrogen and oxygen atoms in total. The summed E-state index contributed by atoms with van der Waals surface area (Å²) in [6.07, 6.45) is 1.83. The third-order valence-electron chi connectivity index (χ3n) is 2.73. The minimum Gasteiger partial charge on any atom is -0.481 e. The minimum absolute atomic E-state index is 0.363. The van der Waals surface area contributed by atoms with E-state index in [1.165, 1.54) is 0 Å². The lowest BCUT2D eigenvalue weighted by atomic mass is 10.1. The first-order valence-corrected chi connectivity index (χ1v) is 5.88. The highest BCUT2D eigenvalue weighted by Gasteiger charge is 2.12. The summed E-state index contributed by atoms with van der Waals surface area (Å²) in [5, 5.41) is 3.47. The molecule has 1 rings (SSSR count). The quantitative estimate of drug-likeness (QED) is 0.787. The molecule has 0 aliphatic rings. The third kappa shape index (κ3) is 4.71. The molecule has 0 saturated heterocycles. The second kappa shape index (κ2) is 7.25. The lowest BCUT2D eigenvalue weighted by molar-refractivity contribution is 0.146. The fraction of sp³-hybridized carbons (Fsp3) is 0.615. The normalized spacial score (nSPS) is 12.8. The summed E-state index contributed by atoms with van der Waals surface area (Å²) in [5.41, 5.74) is 1.15. The Hall–Kier alpha value is -1.13. The fourth-order valence-corrected chi connectivity index (χ4v) is 1.55. The van der Waals surface area contributed by atoms with Crippen molar-refractivity contribution in [3.05, 3.63) is 23.9 Å². The Labute approximate surface area is 103 Å². The van der Waals surface area contributed by atoms with Gasteiger partial charge in [0.25, 0.3) is 0 Å². The minimum atomic E-state index is 0.363. The van der Waals surface area contributed by atoms with Crippen LogP contribution < -0.4 is 10.1 Å². The number of pyridine rings is 1. The maximum Gasteiger partial charge on any atom is 0.212 e. The van der Waals surface area contributed by atoms with Crippen LogP contribution in [-0.4, -0.2) is 31.9 Å². The molecule has 0 amide bonds. The molecule has 0 radical (unpaired) electrons. The maximum absolute atomic E-state index is 5.19. The number of ether oxygens (including phenoxy) is 2. The van der Waals surface area contributed by atoms with Crippen LogP contribution in [0.3, 0.4) is 0 Å². The van der Waals surface area contributed by atoms with Gasteiger partial charge in [0, 0.05) is 32.0 Å². The lowest BCUT2D eigenvalue weighted by Crippen LogP contribution is -2.37. The highest BCUT2D eigenvalue weighted by atomic mass is 16.5. The van der Waals surface area contributed by atoms with Crippen molar-refractivity contribution >= 4 is 0 Å². The van der Waals surface area contributed by atoms with E-state index in [1.807, 2.05) is 18.3 Å². The first kappa shape index (κ1) is 13.9. The smallest absolute Gasteiger partial charge is 0.212 e. The predicted molar refractivity (Wildman–Crippen MR) is 68.1 cm³/mol. The van der Waals surface area contributed by atoms with Gasteiger partial charge in [0.2, 0.25) is 5.88 Å². The summed E-state index contributed by atoms with van der Waals surface area (Å²) in [7, 11) is 3.35. The molecule has 0 aliphatic heterocycles. The zero-order valence-electron chi connectivity index (χ0n) is 11.1. The Morgan fingerprint density at radius 3 is 2.53 bits per heavy atom. The van der Waals surface area contributed by atoms with Crippen molar-refractivity contribution in [2.75, 3.05) is 20.8 Å². The number of rotatable bonds is 7. The van der Waals surface area contributed by atoms with Crippen molar-refractivity contribution in [1.82, 2.24) is 10.3 Å². The van der Waals surface area contributed by atoms with E-state index < -0.39 is 0 Å². The number of methoxy groups -OCH3 is 2. The Morgan fingerprint density at radius 1 is 1.29 bits per heavy atom. The molecule has 0 saturated carbocycles. The van der Waals surface area contributed by atoms with Crippen LogP contribution in [0.4, 0.5) is 0 Å². The zero-order chi connectivity index (χ0) is 12.7. The monoisotopic (exact) mass is 238 g/mol. The molecule has 1 atom stereocenters. The van der Waals surface area contributed by atoms with Crippen LogP contribution in [0.25, 0.3) is 0 Å². The Morgan fingerprint density at radius 2 is 2.06 bits per heavy atom. The molecular weight excluding hydrogens is 216 g/mol. The van der Waals surface area contributed by atoms with Crippen molar-refractivity contribution in [1.29, 1.82) is 0 Å². The lowest BCUT2D eigenvalue weighted by Gasteiger charge is -2.21. The van der Waals surface area contributed by atoms with Gasteiger partial charge < -0.3 is 14.8 Å². The molecule has 17 heavy (non-hydrogen) atoms. The fourth-order valence-electron chi connectivity index (χ4n) is 1.55. The van der Waals surface area contributed by atoms with Crippen LogP contribution in [0.2, 0.25) is 0 Å². The Bertz CT molecular complexity index is 312. The summed E-state index contributed by atoms with van der Waals surface area (Å²) < 4.78 is 10.2. The van der Waals surface area contributed by atoms with E-state index in [0.717, 1.165) is 18.7 Å². The standard InChI is InChI=1S/C13H22N2O2/c1-10(2)12(9-16-3)14-7-11-5-6-13(17-4)15-8-11/h5-6,8,10,12,14H,7,9H2,1-4H3. The highest BCUT2D eigenvalue weighted by molar-refractivity contribution is 5.17. The van der Waals surface area contributed by atoms with Gasteiger partial charge in [0.15, 0.2) is 0 Å². The Balaban J connectivity index is 2.47. The average molecular weight is 238 g/mol. The molecule has 0 aliphatic carbocycles. The third-order valence-corrected chi connectivity index (χ3v) is 2.73. The molecule has 0 bridgehead atoms. The van der Waals surface area contributed by atoms with Crippen molar-refractivity contribution in [3.63, 3.8) is 0 Å². The largest absolute Gasteiger partial charge is 0.481 e. The van der Waals surface area contributed by atoms with E-state index in [2.05, 4.69) is 24.1 Å². The number of hydrogen-bond acceptors (Lipinski definition) is 4. The van der Waals surface area contributed by atoms with Crippen LogP contribution in [0.5, 0.6) is 5.88 Å². The van der Waals surface area contributed by atoms with Gasteiger partial charge in [0.05, 0.1) is 13.7 Å². The average Bonchev–Trinajstić information content (AvgIpc) is 2.34. The first-order chi connectivity index (χ1) is 8.17. The summed E-state index contributed by atoms with van der Waals surface area (Å²) in [6.45, 7) is 5.89. The second-order valence-corrected chi connectivity index (χ2v) is 4.40. The van der Waals surface area contributed by atoms with Crippen molar-refractivity contribution in [3.8, 4) is 5.88 Å². The van der Waals surface area contributed by atoms with Crippen LogP contribution in [0, 0.1) is 5.92 Å². The number of hydrogen-bond donors (Lipinski definition) is 1. The number of nitrogens with zero attached hydrogens (tertiary/aromatic N) is 1. The molecule has 0 fully saturated rings. The van der Waals surface area contributed by atoms with Crippen LogP contribution >= 0.6 is 0 Å². The van der Waals surface area contributed by atoms with Gasteiger partial charge in [-0.3, -0.25) is 0 Å². The topological polar surface area (TPSA) is 43.4 Å². The molecule has 1 aromatic heterocycles. The molecule has 96 valence electrons. The van der Waals surface area contributed by atoms with Gasteiger partial charge in [0.1, 0.15) is 0 Å². The van der Waals surface area contributed by atoms with Gasteiger partial charge in [-0.05, 0) is 11.5 Å². The second-order valence-electron chi connectivity index (χ2n) is 4.40. The first-order valence-electron chi connectivity index (χ1n) is 5.88. The molecule has 0 aromatic carbocycles. The van der Waals surface area contributed by atoms with E-state index in [9.17, 15) is 0 Å². The van der Waals surface area contributed by atoms with Gasteiger partial charge in [-0.15, -0.1) is 0 Å². The summed E-state index contributed by atoms with van der Waals surface area (Å²) in [6, 6.07) is 4.25. The Kier molecular flexibility index (Phi) is 5.94. The molecule has 0 spiro atoms. The van der Waals surface area contributed by atoms with Gasteiger partial charge in [-0.25, -0.2) is 4.98 Å². The predicted octanol–water partition coefficient (Wildman–Crippen LogP) is 1.85. The van der Waals surface area contributed by atoms with E-state index in [-0.39, 0.29) is 0 Å². The van der Waals surface area contributed by atoms with Gasteiger partial charge in [-0.2, -0.15) is 0 Å². The van der Waals surface area contributed by atoms with E-state index in [4.69, 9.17) is 9.47 Å². The van der Waals surface area contributed by atoms with Crippen LogP contribution in [0.15, 0.2) is 18.3 Å². The summed E-state index contributed by atoms with van der Waals surface area (Å²) >= 11 is 0. The van der Waals surface area contributed by atoms with E-state index in [1.54, 1.807) is 14.2 Å². The van der Waals surface area contributed by atoms with Crippen molar-refractivity contribution in [2.45, 2.75) is 26.4 Å². The SMILES string of the molecule is COCC(NCc1ccc(OC)nc1)C(C)C. The molecule has 1 unspecified atom stereocenters. The number of nitrogens with one attached hydrogen (secondary N) is 1. The highest BCUT2D eigenvalue weighted by Crippen LogP contribution is 2.08. The van der Waals surface area contributed by atoms with E-state index >= 15 is 0 Å². The molecular formula is C13H22N2O2. The molecule has 1 heterocycles. The summed E-state index contributed by atoms with van der Waals surface area (Å²) in [4.78, 5) is 4.17. The zero-order valence-corrected chi connectivity index (χ0v) is 11.1. The maximum atomic E-state index is 5.19. The van der Waals surface area contributed by atoms with Crippen LogP contribution in [-0.2, 0) is 11.3 Å². The van der Waals surface area contributed by atoms with Crippen molar-refractivity contribution < 1.29 is 9.47 Å². The summed E-state index contributed by atoms with van der Waals surface area (Å²) in [5.74, 6) is 1.19. The van der Waals surface area contributed by atoms with Crippen molar-refractivity contribution in [2.24, 2.45) is 5.92 Å². The molecule has 1 aromatic rings.